The molecule has 88 valence electrons. The highest BCUT2D eigenvalue weighted by Gasteiger charge is 2.21. The summed E-state index contributed by atoms with van der Waals surface area (Å²) in [7, 11) is -4.61. The lowest BCUT2D eigenvalue weighted by molar-refractivity contribution is 0.445. The van der Waals surface area contributed by atoms with Gasteiger partial charge >= 0.3 is 0 Å². The van der Waals surface area contributed by atoms with E-state index in [4.69, 9.17) is 4.55 Å². The van der Waals surface area contributed by atoms with Crippen LogP contribution in [0.15, 0.2) is 40.4 Å². The molecule has 2 rings (SSSR count). The zero-order chi connectivity index (χ0) is 12.6. The number of nitroso groups, excluding NO2 is 1. The Morgan fingerprint density at radius 2 is 1.82 bits per heavy atom. The first-order chi connectivity index (χ1) is 7.95. The zero-order valence-corrected chi connectivity index (χ0v) is 9.18. The van der Waals surface area contributed by atoms with Gasteiger partial charge in [-0.15, -0.1) is 4.91 Å². The van der Waals surface area contributed by atoms with Crippen LogP contribution in [0.3, 0.4) is 0 Å². The van der Waals surface area contributed by atoms with E-state index >= 15 is 0 Å². The van der Waals surface area contributed by atoms with Gasteiger partial charge in [0.05, 0.1) is 0 Å². The van der Waals surface area contributed by atoms with Gasteiger partial charge in [-0.05, 0) is 16.6 Å². The number of hydrogen-bond donors (Lipinski definition) is 2. The van der Waals surface area contributed by atoms with Gasteiger partial charge in [-0.3, -0.25) is 4.55 Å². The molecule has 0 bridgehead atoms. The number of hydrogen-bond acceptors (Lipinski definition) is 5. The predicted octanol–water partition coefficient (Wildman–Crippen LogP) is 2.19. The highest BCUT2D eigenvalue weighted by Crippen LogP contribution is 2.39. The summed E-state index contributed by atoms with van der Waals surface area (Å²) < 4.78 is 31.0. The summed E-state index contributed by atoms with van der Waals surface area (Å²) in [6.45, 7) is 0. The fourth-order valence-electron chi connectivity index (χ4n) is 1.58. The molecule has 0 aromatic heterocycles. The fourth-order valence-corrected chi connectivity index (χ4v) is 2.20. The van der Waals surface area contributed by atoms with Crippen LogP contribution in [-0.2, 0) is 10.1 Å². The Labute approximate surface area is 96.2 Å². The van der Waals surface area contributed by atoms with Crippen LogP contribution in [0.25, 0.3) is 10.8 Å². The summed E-state index contributed by atoms with van der Waals surface area (Å²) in [5.41, 5.74) is -0.407. The van der Waals surface area contributed by atoms with Gasteiger partial charge in [0.15, 0.2) is 11.4 Å². The van der Waals surface area contributed by atoms with E-state index < -0.39 is 26.5 Å². The minimum absolute atomic E-state index is 0.312. The zero-order valence-electron chi connectivity index (χ0n) is 8.36. The largest absolute Gasteiger partial charge is 0.504 e. The van der Waals surface area contributed by atoms with Crippen LogP contribution in [-0.4, -0.2) is 18.1 Å². The Morgan fingerprint density at radius 3 is 2.41 bits per heavy atom. The molecule has 2 N–H and O–H groups in total. The number of phenolic OH excluding ortho intramolecular Hbond substituents is 1. The van der Waals surface area contributed by atoms with E-state index in [0.29, 0.717) is 10.8 Å². The van der Waals surface area contributed by atoms with Crippen molar-refractivity contribution in [2.45, 2.75) is 4.90 Å². The van der Waals surface area contributed by atoms with Gasteiger partial charge in [-0.2, -0.15) is 8.42 Å². The number of rotatable bonds is 2. The number of fused-ring (bicyclic) bond motifs is 1. The molecular formula is C10H7NO5S. The third kappa shape index (κ3) is 1.85. The van der Waals surface area contributed by atoms with Crippen LogP contribution < -0.4 is 0 Å². The number of benzene rings is 2. The lowest BCUT2D eigenvalue weighted by Gasteiger charge is -2.06. The molecule has 0 heterocycles. The molecule has 17 heavy (non-hydrogen) atoms. The topological polar surface area (TPSA) is 104 Å². The molecule has 0 aliphatic heterocycles. The van der Waals surface area contributed by atoms with Crippen molar-refractivity contribution in [3.8, 4) is 5.75 Å². The molecule has 0 atom stereocenters. The minimum atomic E-state index is -4.61. The van der Waals surface area contributed by atoms with Crippen molar-refractivity contribution in [1.82, 2.24) is 0 Å². The molecule has 0 aliphatic rings. The third-order valence-corrected chi connectivity index (χ3v) is 3.20. The van der Waals surface area contributed by atoms with Crippen molar-refractivity contribution in [2.75, 3.05) is 0 Å². The summed E-state index contributed by atoms with van der Waals surface area (Å²) >= 11 is 0. The molecule has 0 fully saturated rings. The highest BCUT2D eigenvalue weighted by molar-refractivity contribution is 7.86. The molecular weight excluding hydrogens is 246 g/mol. The van der Waals surface area contributed by atoms with E-state index in [1.54, 1.807) is 12.1 Å². The summed E-state index contributed by atoms with van der Waals surface area (Å²) in [6.07, 6.45) is 0. The lowest BCUT2D eigenvalue weighted by Crippen LogP contribution is -1.98. The standard InChI is InChI=1S/C10H7NO5S/c12-10-8(17(14,15)16)5-6-3-1-2-4-7(6)9(10)11-13/h1-5,12H,(H,14,15,16). The van der Waals surface area contributed by atoms with Crippen molar-refractivity contribution < 1.29 is 18.1 Å². The lowest BCUT2D eigenvalue weighted by atomic mass is 10.1. The van der Waals surface area contributed by atoms with E-state index in [0.717, 1.165) is 6.07 Å². The summed E-state index contributed by atoms with van der Waals surface area (Å²) in [6, 6.07) is 7.37. The van der Waals surface area contributed by atoms with E-state index in [1.165, 1.54) is 12.1 Å². The molecule has 0 amide bonds. The maximum atomic E-state index is 11.0. The normalized spacial score (nSPS) is 11.6. The summed E-state index contributed by atoms with van der Waals surface area (Å²) in [5.74, 6) is -0.846. The average Bonchev–Trinajstić information content (AvgIpc) is 2.27. The highest BCUT2D eigenvalue weighted by atomic mass is 32.2. The van der Waals surface area contributed by atoms with Crippen LogP contribution in [0.2, 0.25) is 0 Å². The van der Waals surface area contributed by atoms with Crippen LogP contribution >= 0.6 is 0 Å². The van der Waals surface area contributed by atoms with Gasteiger partial charge in [0.2, 0.25) is 0 Å². The SMILES string of the molecule is O=Nc1c(O)c(S(=O)(=O)O)cc2ccccc12. The van der Waals surface area contributed by atoms with E-state index in [9.17, 15) is 18.4 Å². The van der Waals surface area contributed by atoms with E-state index in [2.05, 4.69) is 5.18 Å². The van der Waals surface area contributed by atoms with Gasteiger partial charge in [0.1, 0.15) is 4.90 Å². The minimum Gasteiger partial charge on any atom is -0.504 e. The molecule has 0 spiro atoms. The molecule has 0 aliphatic carbocycles. The average molecular weight is 253 g/mol. The second kappa shape index (κ2) is 3.79. The van der Waals surface area contributed by atoms with Gasteiger partial charge in [-0.25, -0.2) is 0 Å². The van der Waals surface area contributed by atoms with Crippen molar-refractivity contribution in [3.05, 3.63) is 35.2 Å². The molecule has 7 heteroatoms. The Kier molecular flexibility index (Phi) is 2.56. The Morgan fingerprint density at radius 1 is 1.18 bits per heavy atom. The second-order valence-electron chi connectivity index (χ2n) is 3.36. The van der Waals surface area contributed by atoms with Crippen molar-refractivity contribution in [1.29, 1.82) is 0 Å². The van der Waals surface area contributed by atoms with Crippen LogP contribution in [0.5, 0.6) is 5.75 Å². The molecule has 0 saturated heterocycles. The van der Waals surface area contributed by atoms with Crippen LogP contribution in [0, 0.1) is 4.91 Å². The molecule has 0 saturated carbocycles. The quantitative estimate of drug-likeness (QED) is 0.630. The Balaban J connectivity index is 3.00. The summed E-state index contributed by atoms with van der Waals surface area (Å²) in [5, 5.41) is 12.9. The molecule has 2 aromatic carbocycles. The molecule has 0 radical (unpaired) electrons. The van der Waals surface area contributed by atoms with Crippen molar-refractivity contribution in [3.63, 3.8) is 0 Å². The Hall–Kier alpha value is -1.99. The van der Waals surface area contributed by atoms with Gasteiger partial charge in [0.25, 0.3) is 10.1 Å². The van der Waals surface area contributed by atoms with Crippen molar-refractivity contribution in [2.24, 2.45) is 5.18 Å². The number of aromatic hydroxyl groups is 1. The number of nitrogens with zero attached hydrogens (tertiary/aromatic N) is 1. The maximum Gasteiger partial charge on any atom is 0.298 e. The number of phenols is 1. The van der Waals surface area contributed by atoms with Gasteiger partial charge in [0, 0.05) is 5.39 Å². The molecule has 0 unspecified atom stereocenters. The van der Waals surface area contributed by atoms with Crippen LogP contribution in [0.1, 0.15) is 0 Å². The van der Waals surface area contributed by atoms with E-state index in [1.807, 2.05) is 0 Å². The Bertz CT molecular complexity index is 708. The molecule has 2 aromatic rings. The maximum absolute atomic E-state index is 11.0. The van der Waals surface area contributed by atoms with Gasteiger partial charge < -0.3 is 5.11 Å². The van der Waals surface area contributed by atoms with E-state index in [-0.39, 0.29) is 0 Å². The smallest absolute Gasteiger partial charge is 0.298 e. The first-order valence-corrected chi connectivity index (χ1v) is 5.94. The predicted molar refractivity (Wildman–Crippen MR) is 60.9 cm³/mol. The summed E-state index contributed by atoms with van der Waals surface area (Å²) in [4.78, 5) is 9.90. The first kappa shape index (κ1) is 11.5. The van der Waals surface area contributed by atoms with Gasteiger partial charge in [-0.1, -0.05) is 24.3 Å². The van der Waals surface area contributed by atoms with Crippen LogP contribution in [0.4, 0.5) is 5.69 Å². The monoisotopic (exact) mass is 253 g/mol. The van der Waals surface area contributed by atoms with Crippen molar-refractivity contribution >= 4 is 26.6 Å². The fraction of sp³-hybridized carbons (Fsp3) is 0. The second-order valence-corrected chi connectivity index (χ2v) is 4.75. The third-order valence-electron chi connectivity index (χ3n) is 2.33. The first-order valence-electron chi connectivity index (χ1n) is 4.50. The molecule has 6 nitrogen and oxygen atoms in total.